The van der Waals surface area contributed by atoms with Crippen molar-refractivity contribution < 1.29 is 22.4 Å². The zero-order valence-corrected chi connectivity index (χ0v) is 14.3. The van der Waals surface area contributed by atoms with Gasteiger partial charge in [-0.15, -0.1) is 0 Å². The molecular weight excluding hydrogens is 356 g/mol. The molecule has 1 aromatic heterocycles. The molecule has 0 saturated heterocycles. The largest absolute Gasteiger partial charge is 0.476 e. The first kappa shape index (κ1) is 16.7. The first-order chi connectivity index (χ1) is 11.3. The topological polar surface area (TPSA) is 88.9 Å². The van der Waals surface area contributed by atoms with Crippen LogP contribution in [0.25, 0.3) is 0 Å². The van der Waals surface area contributed by atoms with Gasteiger partial charge in [-0.25, -0.2) is 8.42 Å². The second-order valence-corrected chi connectivity index (χ2v) is 7.65. The van der Waals surface area contributed by atoms with Gasteiger partial charge in [-0.3, -0.25) is 9.10 Å². The van der Waals surface area contributed by atoms with Crippen molar-refractivity contribution in [3.05, 3.63) is 47.4 Å². The average molecular weight is 371 g/mol. The molecule has 128 valence electrons. The predicted molar refractivity (Wildman–Crippen MR) is 88.6 cm³/mol. The second kappa shape index (κ2) is 6.37. The Morgan fingerprint density at radius 1 is 1.42 bits per heavy atom. The molecule has 1 aliphatic heterocycles. The van der Waals surface area contributed by atoms with Gasteiger partial charge in [0.2, 0.25) is 10.0 Å². The van der Waals surface area contributed by atoms with E-state index >= 15 is 0 Å². The number of benzene rings is 1. The molecular formula is C15H15ClN2O5S. The molecule has 0 bridgehead atoms. The molecule has 1 atom stereocenters. The number of rotatable bonds is 4. The van der Waals surface area contributed by atoms with Crippen molar-refractivity contribution in [2.75, 3.05) is 17.1 Å². The predicted octanol–water partition coefficient (Wildman–Crippen LogP) is 1.78. The van der Waals surface area contributed by atoms with E-state index in [1.165, 1.54) is 12.3 Å². The Kier molecular flexibility index (Phi) is 4.42. The molecule has 2 heterocycles. The normalized spacial score (nSPS) is 17.1. The first-order valence-corrected chi connectivity index (χ1v) is 9.31. The molecule has 1 N–H and O–H groups in total. The van der Waals surface area contributed by atoms with Gasteiger partial charge in [0.15, 0.2) is 6.10 Å². The smallest absolute Gasteiger partial charge is 0.263 e. The highest BCUT2D eigenvalue weighted by molar-refractivity contribution is 7.92. The lowest BCUT2D eigenvalue weighted by Gasteiger charge is -2.34. The van der Waals surface area contributed by atoms with E-state index in [9.17, 15) is 13.2 Å². The number of ether oxygens (including phenoxy) is 1. The number of carbonyl (C=O) groups is 1. The Bertz CT molecular complexity index is 851. The standard InChI is InChI=1S/C15H15ClN2O5S/c1-24(20,21)18-9-14(15(19)17-8-11-3-2-6-22-11)23-13-5-4-10(16)7-12(13)18/h2-7,14H,8-9H2,1H3,(H,17,19)/t14-/m0/s1. The van der Waals surface area contributed by atoms with Crippen LogP contribution in [0.5, 0.6) is 5.75 Å². The number of furan rings is 1. The van der Waals surface area contributed by atoms with Crippen LogP contribution >= 0.6 is 11.6 Å². The third kappa shape index (κ3) is 3.49. The fraction of sp³-hybridized carbons (Fsp3) is 0.267. The lowest BCUT2D eigenvalue weighted by molar-refractivity contribution is -0.128. The summed E-state index contributed by atoms with van der Waals surface area (Å²) < 4.78 is 36.0. The van der Waals surface area contributed by atoms with Crippen LogP contribution in [0.3, 0.4) is 0 Å². The van der Waals surface area contributed by atoms with E-state index < -0.39 is 22.0 Å². The van der Waals surface area contributed by atoms with Crippen molar-refractivity contribution >= 4 is 33.2 Å². The number of hydrogen-bond acceptors (Lipinski definition) is 5. The average Bonchev–Trinajstić information content (AvgIpc) is 3.04. The van der Waals surface area contributed by atoms with Crippen molar-refractivity contribution in [3.8, 4) is 5.75 Å². The Morgan fingerprint density at radius 2 is 2.21 bits per heavy atom. The zero-order chi connectivity index (χ0) is 17.3. The van der Waals surface area contributed by atoms with Gasteiger partial charge < -0.3 is 14.5 Å². The molecule has 0 unspecified atom stereocenters. The third-order valence-corrected chi connectivity index (χ3v) is 4.88. The molecule has 0 fully saturated rings. The van der Waals surface area contributed by atoms with Gasteiger partial charge in [-0.05, 0) is 30.3 Å². The van der Waals surface area contributed by atoms with Crippen LogP contribution in [0.2, 0.25) is 5.02 Å². The van der Waals surface area contributed by atoms with Gasteiger partial charge in [0.1, 0.15) is 11.5 Å². The minimum absolute atomic E-state index is 0.129. The van der Waals surface area contributed by atoms with Gasteiger partial charge in [-0.2, -0.15) is 0 Å². The molecule has 1 aromatic carbocycles. The summed E-state index contributed by atoms with van der Waals surface area (Å²) in [4.78, 5) is 12.3. The van der Waals surface area contributed by atoms with Gasteiger partial charge in [0.25, 0.3) is 5.91 Å². The minimum Gasteiger partial charge on any atom is -0.476 e. The fourth-order valence-electron chi connectivity index (χ4n) is 2.38. The summed E-state index contributed by atoms with van der Waals surface area (Å²) >= 11 is 5.93. The maximum absolute atomic E-state index is 12.3. The summed E-state index contributed by atoms with van der Waals surface area (Å²) in [5.74, 6) is 0.446. The summed E-state index contributed by atoms with van der Waals surface area (Å²) in [6.45, 7) is 0.0637. The van der Waals surface area contributed by atoms with Crippen LogP contribution in [0.1, 0.15) is 5.76 Å². The second-order valence-electron chi connectivity index (χ2n) is 5.31. The van der Waals surface area contributed by atoms with Crippen LogP contribution in [-0.2, 0) is 21.4 Å². The van der Waals surface area contributed by atoms with Crippen LogP contribution in [0.15, 0.2) is 41.0 Å². The Balaban J connectivity index is 1.81. The zero-order valence-electron chi connectivity index (χ0n) is 12.7. The van der Waals surface area contributed by atoms with Crippen molar-refractivity contribution in [3.63, 3.8) is 0 Å². The van der Waals surface area contributed by atoms with Gasteiger partial charge in [0.05, 0.1) is 31.3 Å². The number of carbonyl (C=O) groups excluding carboxylic acids is 1. The van der Waals surface area contributed by atoms with E-state index in [4.69, 9.17) is 20.8 Å². The first-order valence-electron chi connectivity index (χ1n) is 7.08. The van der Waals surface area contributed by atoms with E-state index in [2.05, 4.69) is 5.32 Å². The van der Waals surface area contributed by atoms with Crippen molar-refractivity contribution in [2.24, 2.45) is 0 Å². The summed E-state index contributed by atoms with van der Waals surface area (Å²) in [6.07, 6.45) is 1.61. The number of nitrogens with one attached hydrogen (secondary N) is 1. The number of hydrogen-bond donors (Lipinski definition) is 1. The molecule has 1 aliphatic rings. The highest BCUT2D eigenvalue weighted by Crippen LogP contribution is 2.37. The number of nitrogens with zero attached hydrogens (tertiary/aromatic N) is 1. The molecule has 2 aromatic rings. The minimum atomic E-state index is -3.58. The highest BCUT2D eigenvalue weighted by atomic mass is 35.5. The van der Waals surface area contributed by atoms with Crippen LogP contribution in [-0.4, -0.2) is 33.2 Å². The fourth-order valence-corrected chi connectivity index (χ4v) is 3.45. The quantitative estimate of drug-likeness (QED) is 0.886. The SMILES string of the molecule is CS(=O)(=O)N1C[C@@H](C(=O)NCc2ccco2)Oc2ccc(Cl)cc21. The van der Waals surface area contributed by atoms with Crippen LogP contribution < -0.4 is 14.4 Å². The van der Waals surface area contributed by atoms with E-state index in [-0.39, 0.29) is 18.8 Å². The molecule has 3 rings (SSSR count). The van der Waals surface area contributed by atoms with Gasteiger partial charge in [-0.1, -0.05) is 11.6 Å². The summed E-state index contributed by atoms with van der Waals surface area (Å²) in [6, 6.07) is 8.05. The number of amides is 1. The Hall–Kier alpha value is -2.19. The van der Waals surface area contributed by atoms with E-state index in [1.807, 2.05) is 0 Å². The monoisotopic (exact) mass is 370 g/mol. The maximum Gasteiger partial charge on any atom is 0.263 e. The van der Waals surface area contributed by atoms with E-state index in [0.29, 0.717) is 16.5 Å². The maximum atomic E-state index is 12.3. The summed E-state index contributed by atoms with van der Waals surface area (Å²) in [5, 5.41) is 3.04. The molecule has 1 amide bonds. The van der Waals surface area contributed by atoms with E-state index in [0.717, 1.165) is 10.6 Å². The molecule has 9 heteroatoms. The molecule has 0 saturated carbocycles. The Labute approximate surface area is 144 Å². The number of anilines is 1. The lowest BCUT2D eigenvalue weighted by atomic mass is 10.2. The third-order valence-electron chi connectivity index (χ3n) is 3.50. The van der Waals surface area contributed by atoms with Crippen molar-refractivity contribution in [2.45, 2.75) is 12.6 Å². The lowest BCUT2D eigenvalue weighted by Crippen LogP contribution is -2.50. The number of fused-ring (bicyclic) bond motifs is 1. The van der Waals surface area contributed by atoms with Crippen LogP contribution in [0.4, 0.5) is 5.69 Å². The van der Waals surface area contributed by atoms with Crippen LogP contribution in [0, 0.1) is 0 Å². The summed E-state index contributed by atoms with van der Waals surface area (Å²) in [7, 11) is -3.58. The highest BCUT2D eigenvalue weighted by Gasteiger charge is 2.35. The molecule has 0 spiro atoms. The number of halogens is 1. The Morgan fingerprint density at radius 3 is 2.88 bits per heavy atom. The van der Waals surface area contributed by atoms with Gasteiger partial charge in [0, 0.05) is 5.02 Å². The van der Waals surface area contributed by atoms with E-state index in [1.54, 1.807) is 24.3 Å². The van der Waals surface area contributed by atoms with Gasteiger partial charge >= 0.3 is 0 Å². The summed E-state index contributed by atoms with van der Waals surface area (Å²) in [5.41, 5.74) is 0.320. The molecule has 0 radical (unpaired) electrons. The molecule has 0 aliphatic carbocycles. The molecule has 7 nitrogen and oxygen atoms in total. The van der Waals surface area contributed by atoms with Crippen molar-refractivity contribution in [1.82, 2.24) is 5.32 Å². The number of sulfonamides is 1. The molecule has 24 heavy (non-hydrogen) atoms. The van der Waals surface area contributed by atoms with Crippen molar-refractivity contribution in [1.29, 1.82) is 0 Å².